The van der Waals surface area contributed by atoms with Crippen molar-refractivity contribution in [2.24, 2.45) is 0 Å². The van der Waals surface area contributed by atoms with Crippen LogP contribution in [0.3, 0.4) is 0 Å². The average Bonchev–Trinajstić information content (AvgIpc) is 3.33. The molecule has 0 bridgehead atoms. The van der Waals surface area contributed by atoms with Crippen LogP contribution in [0, 0.1) is 0 Å². The highest BCUT2D eigenvalue weighted by atomic mass is 32.1. The maximum atomic E-state index is 12.8. The Labute approximate surface area is 163 Å². The second kappa shape index (κ2) is 8.41. The Morgan fingerprint density at radius 3 is 2.48 bits per heavy atom. The van der Waals surface area contributed by atoms with Gasteiger partial charge in [-0.3, -0.25) is 15.0 Å². The average molecular weight is 379 g/mol. The first kappa shape index (κ1) is 17.8. The zero-order valence-corrected chi connectivity index (χ0v) is 15.9. The quantitative estimate of drug-likeness (QED) is 0.710. The third-order valence-corrected chi connectivity index (χ3v) is 5.63. The molecule has 1 aliphatic heterocycles. The van der Waals surface area contributed by atoms with Crippen LogP contribution < -0.4 is 5.32 Å². The van der Waals surface area contributed by atoms with E-state index < -0.39 is 0 Å². The third kappa shape index (κ3) is 4.59. The van der Waals surface area contributed by atoms with Gasteiger partial charge in [0.15, 0.2) is 0 Å². The van der Waals surface area contributed by atoms with E-state index in [4.69, 9.17) is 0 Å². The molecule has 0 radical (unpaired) electrons. The minimum atomic E-state index is -0.105. The highest BCUT2D eigenvalue weighted by molar-refractivity contribution is 7.15. The summed E-state index contributed by atoms with van der Waals surface area (Å²) in [5.74, 6) is 0.0193. The first-order chi connectivity index (χ1) is 13.3. The fourth-order valence-electron chi connectivity index (χ4n) is 3.46. The van der Waals surface area contributed by atoms with Crippen molar-refractivity contribution in [3.63, 3.8) is 0 Å². The molecule has 4 rings (SSSR count). The van der Waals surface area contributed by atoms with Crippen LogP contribution in [0.25, 0.3) is 0 Å². The van der Waals surface area contributed by atoms with Crippen LogP contribution in [0.4, 0.5) is 5.13 Å². The van der Waals surface area contributed by atoms with Crippen molar-refractivity contribution in [2.45, 2.75) is 31.8 Å². The van der Waals surface area contributed by atoms with Gasteiger partial charge in [0.05, 0.1) is 6.04 Å². The smallest absolute Gasteiger partial charge is 0.243 e. The summed E-state index contributed by atoms with van der Waals surface area (Å²) >= 11 is 1.45. The van der Waals surface area contributed by atoms with Crippen LogP contribution in [-0.4, -0.2) is 33.6 Å². The fourth-order valence-corrected chi connectivity index (χ4v) is 4.24. The Bertz CT molecular complexity index is 881. The van der Waals surface area contributed by atoms with Crippen LogP contribution in [0.15, 0.2) is 60.7 Å². The highest BCUT2D eigenvalue weighted by Gasteiger charge is 2.31. The van der Waals surface area contributed by atoms with Crippen molar-refractivity contribution in [1.29, 1.82) is 0 Å². The molecule has 138 valence electrons. The van der Waals surface area contributed by atoms with Crippen LogP contribution in [0.1, 0.15) is 29.0 Å². The number of amides is 1. The second-order valence-corrected chi connectivity index (χ2v) is 7.83. The molecule has 2 aromatic carbocycles. The lowest BCUT2D eigenvalue weighted by Crippen LogP contribution is -2.39. The monoisotopic (exact) mass is 378 g/mol. The van der Waals surface area contributed by atoms with Gasteiger partial charge in [0, 0.05) is 13.0 Å². The van der Waals surface area contributed by atoms with Gasteiger partial charge in [0.2, 0.25) is 11.0 Å². The van der Waals surface area contributed by atoms with E-state index in [-0.39, 0.29) is 11.9 Å². The Morgan fingerprint density at radius 1 is 1.04 bits per heavy atom. The summed E-state index contributed by atoms with van der Waals surface area (Å²) < 4.78 is 0. The topological polar surface area (TPSA) is 58.1 Å². The standard InChI is InChI=1S/C21H22N4OS/c26-20(18-12-7-13-25(18)15-17-10-5-2-6-11-17)22-21-24-23-19(27-21)14-16-8-3-1-4-9-16/h1-6,8-11,18H,7,12-15H2,(H,22,24,26)/t18-/m1/s1. The van der Waals surface area contributed by atoms with Gasteiger partial charge in [0.25, 0.3) is 0 Å². The van der Waals surface area contributed by atoms with Gasteiger partial charge >= 0.3 is 0 Å². The molecule has 0 aliphatic carbocycles. The van der Waals surface area contributed by atoms with E-state index >= 15 is 0 Å². The number of carbonyl (C=O) groups excluding carboxylic acids is 1. The molecule has 0 spiro atoms. The van der Waals surface area contributed by atoms with Crippen molar-refractivity contribution in [2.75, 3.05) is 11.9 Å². The number of rotatable bonds is 6. The zero-order chi connectivity index (χ0) is 18.5. The van der Waals surface area contributed by atoms with Gasteiger partial charge in [-0.15, -0.1) is 10.2 Å². The van der Waals surface area contributed by atoms with Crippen LogP contribution in [0.2, 0.25) is 0 Å². The number of likely N-dealkylation sites (tertiary alicyclic amines) is 1. The van der Waals surface area contributed by atoms with Gasteiger partial charge in [-0.1, -0.05) is 72.0 Å². The predicted octanol–water partition coefficient (Wildman–Crippen LogP) is 3.73. The molecule has 1 N–H and O–H groups in total. The second-order valence-electron chi connectivity index (χ2n) is 6.77. The van der Waals surface area contributed by atoms with Crippen molar-refractivity contribution < 1.29 is 4.79 Å². The summed E-state index contributed by atoms with van der Waals surface area (Å²) in [4.78, 5) is 15.0. The highest BCUT2D eigenvalue weighted by Crippen LogP contribution is 2.23. The molecule has 1 atom stereocenters. The summed E-state index contributed by atoms with van der Waals surface area (Å²) in [6, 6.07) is 20.4. The summed E-state index contributed by atoms with van der Waals surface area (Å²) in [5, 5.41) is 12.8. The van der Waals surface area contributed by atoms with Crippen molar-refractivity contribution in [3.05, 3.63) is 76.8 Å². The van der Waals surface area contributed by atoms with Gasteiger partial charge in [0.1, 0.15) is 5.01 Å². The molecular weight excluding hydrogens is 356 g/mol. The van der Waals surface area contributed by atoms with Crippen LogP contribution >= 0.6 is 11.3 Å². The Kier molecular flexibility index (Phi) is 5.55. The molecule has 5 nitrogen and oxygen atoms in total. The number of hydrogen-bond acceptors (Lipinski definition) is 5. The molecule has 3 aromatic rings. The van der Waals surface area contributed by atoms with E-state index in [0.717, 1.165) is 37.4 Å². The van der Waals surface area contributed by atoms with E-state index in [1.807, 2.05) is 36.4 Å². The normalized spacial score (nSPS) is 17.1. The lowest BCUT2D eigenvalue weighted by Gasteiger charge is -2.23. The van der Waals surface area contributed by atoms with Crippen molar-refractivity contribution in [1.82, 2.24) is 15.1 Å². The van der Waals surface area contributed by atoms with Gasteiger partial charge in [-0.05, 0) is 30.5 Å². The lowest BCUT2D eigenvalue weighted by molar-refractivity contribution is -0.120. The molecular formula is C21H22N4OS. The summed E-state index contributed by atoms with van der Waals surface area (Å²) in [7, 11) is 0. The molecule has 0 unspecified atom stereocenters. The molecule has 2 heterocycles. The predicted molar refractivity (Wildman–Crippen MR) is 108 cm³/mol. The third-order valence-electron chi connectivity index (χ3n) is 4.79. The Morgan fingerprint density at radius 2 is 1.74 bits per heavy atom. The summed E-state index contributed by atoms with van der Waals surface area (Å²) in [6.07, 6.45) is 2.66. The van der Waals surface area contributed by atoms with E-state index in [0.29, 0.717) is 5.13 Å². The first-order valence-electron chi connectivity index (χ1n) is 9.23. The molecule has 0 saturated carbocycles. The Balaban J connectivity index is 1.37. The van der Waals surface area contributed by atoms with E-state index in [1.165, 1.54) is 22.5 Å². The Hall–Kier alpha value is -2.57. The number of aromatic nitrogens is 2. The SMILES string of the molecule is O=C(Nc1nnc(Cc2ccccc2)s1)[C@H]1CCCN1Cc1ccccc1. The number of nitrogens with zero attached hydrogens (tertiary/aromatic N) is 3. The number of hydrogen-bond donors (Lipinski definition) is 1. The molecule has 1 aliphatic rings. The number of carbonyl (C=O) groups is 1. The van der Waals surface area contributed by atoms with E-state index in [9.17, 15) is 4.79 Å². The minimum absolute atomic E-state index is 0.0193. The maximum Gasteiger partial charge on any atom is 0.243 e. The van der Waals surface area contributed by atoms with Crippen LogP contribution in [-0.2, 0) is 17.8 Å². The first-order valence-corrected chi connectivity index (χ1v) is 10.0. The summed E-state index contributed by atoms with van der Waals surface area (Å²) in [5.41, 5.74) is 2.43. The van der Waals surface area contributed by atoms with E-state index in [2.05, 4.69) is 44.7 Å². The van der Waals surface area contributed by atoms with E-state index in [1.54, 1.807) is 0 Å². The maximum absolute atomic E-state index is 12.8. The lowest BCUT2D eigenvalue weighted by atomic mass is 10.1. The van der Waals surface area contributed by atoms with Gasteiger partial charge < -0.3 is 0 Å². The van der Waals surface area contributed by atoms with Crippen molar-refractivity contribution in [3.8, 4) is 0 Å². The zero-order valence-electron chi connectivity index (χ0n) is 15.0. The van der Waals surface area contributed by atoms with Crippen LogP contribution in [0.5, 0.6) is 0 Å². The van der Waals surface area contributed by atoms with Crippen molar-refractivity contribution >= 4 is 22.4 Å². The van der Waals surface area contributed by atoms with Gasteiger partial charge in [-0.2, -0.15) is 0 Å². The number of nitrogens with one attached hydrogen (secondary N) is 1. The van der Waals surface area contributed by atoms with Gasteiger partial charge in [-0.25, -0.2) is 0 Å². The summed E-state index contributed by atoms with van der Waals surface area (Å²) in [6.45, 7) is 1.75. The molecule has 1 fully saturated rings. The molecule has 1 amide bonds. The molecule has 27 heavy (non-hydrogen) atoms. The molecule has 1 saturated heterocycles. The largest absolute Gasteiger partial charge is 0.299 e. The molecule has 1 aromatic heterocycles. The molecule has 6 heteroatoms. The fraction of sp³-hybridized carbons (Fsp3) is 0.286. The number of anilines is 1. The number of benzene rings is 2. The minimum Gasteiger partial charge on any atom is -0.299 e.